The molecule has 29 heavy (non-hydrogen) atoms. The zero-order chi connectivity index (χ0) is 21.0. The molecule has 0 aliphatic heterocycles. The molecule has 7 nitrogen and oxygen atoms in total. The third-order valence-corrected chi connectivity index (χ3v) is 4.38. The average molecular weight is 389 g/mol. The number of nitrogens with zero attached hydrogens (tertiary/aromatic N) is 5. The highest BCUT2D eigenvalue weighted by atomic mass is 16.2. The maximum atomic E-state index is 13.3. The number of rotatable bonds is 5. The van der Waals surface area contributed by atoms with Gasteiger partial charge in [-0.2, -0.15) is 0 Å². The van der Waals surface area contributed by atoms with Crippen molar-refractivity contribution >= 4 is 29.1 Å². The summed E-state index contributed by atoms with van der Waals surface area (Å²) in [5, 5.41) is 0. The molecule has 0 N–H and O–H groups in total. The van der Waals surface area contributed by atoms with Gasteiger partial charge in [0.25, 0.3) is 11.8 Å². The Morgan fingerprint density at radius 3 is 1.55 bits per heavy atom. The first-order valence-corrected chi connectivity index (χ1v) is 9.09. The molecule has 2 aromatic carbocycles. The van der Waals surface area contributed by atoms with E-state index >= 15 is 0 Å². The van der Waals surface area contributed by atoms with E-state index in [0.29, 0.717) is 11.1 Å². The number of amides is 2. The molecule has 0 saturated carbocycles. The number of hydrogen-bond donors (Lipinski definition) is 0. The van der Waals surface area contributed by atoms with Crippen LogP contribution in [0.15, 0.2) is 67.0 Å². The molecule has 0 unspecified atom stereocenters. The summed E-state index contributed by atoms with van der Waals surface area (Å²) in [6.07, 6.45) is 3.00. The van der Waals surface area contributed by atoms with Crippen molar-refractivity contribution in [2.45, 2.75) is 0 Å². The first-order chi connectivity index (χ1) is 13.9. The van der Waals surface area contributed by atoms with Crippen molar-refractivity contribution in [3.05, 3.63) is 78.1 Å². The number of aromatic nitrogens is 2. The monoisotopic (exact) mass is 389 g/mol. The van der Waals surface area contributed by atoms with Crippen LogP contribution in [0, 0.1) is 0 Å². The van der Waals surface area contributed by atoms with E-state index < -0.39 is 11.8 Å². The van der Waals surface area contributed by atoms with E-state index in [-0.39, 0.29) is 5.95 Å². The number of hydrogen-bond acceptors (Lipinski definition) is 6. The third kappa shape index (κ3) is 4.40. The van der Waals surface area contributed by atoms with Crippen LogP contribution in [-0.2, 0) is 0 Å². The molecule has 0 spiro atoms. The third-order valence-electron chi connectivity index (χ3n) is 4.38. The fourth-order valence-corrected chi connectivity index (χ4v) is 2.77. The molecule has 3 rings (SSSR count). The van der Waals surface area contributed by atoms with E-state index in [0.717, 1.165) is 16.3 Å². The summed E-state index contributed by atoms with van der Waals surface area (Å²) in [5.74, 6) is -0.937. The summed E-state index contributed by atoms with van der Waals surface area (Å²) in [6.45, 7) is 0. The molecule has 0 aliphatic carbocycles. The van der Waals surface area contributed by atoms with Crippen molar-refractivity contribution in [3.63, 3.8) is 0 Å². The summed E-state index contributed by atoms with van der Waals surface area (Å²) in [4.78, 5) is 39.8. The lowest BCUT2D eigenvalue weighted by Gasteiger charge is -2.21. The molecule has 0 fully saturated rings. The van der Waals surface area contributed by atoms with Crippen LogP contribution in [0.1, 0.15) is 20.7 Å². The Kier molecular flexibility index (Phi) is 5.87. The average Bonchev–Trinajstić information content (AvgIpc) is 2.74. The van der Waals surface area contributed by atoms with Gasteiger partial charge in [0, 0.05) is 63.1 Å². The molecule has 1 heterocycles. The lowest BCUT2D eigenvalue weighted by Crippen LogP contribution is -2.38. The maximum Gasteiger partial charge on any atom is 0.267 e. The molecule has 7 heteroatoms. The number of carbonyl (C=O) groups is 2. The van der Waals surface area contributed by atoms with Crippen LogP contribution >= 0.6 is 0 Å². The van der Waals surface area contributed by atoms with Crippen LogP contribution in [0.2, 0.25) is 0 Å². The Balaban J connectivity index is 2.06. The van der Waals surface area contributed by atoms with Gasteiger partial charge in [0.15, 0.2) is 0 Å². The Bertz CT molecular complexity index is 955. The van der Waals surface area contributed by atoms with Gasteiger partial charge < -0.3 is 9.80 Å². The molecule has 0 bridgehead atoms. The van der Waals surface area contributed by atoms with Crippen LogP contribution in [-0.4, -0.2) is 50.0 Å². The number of imide groups is 1. The second-order valence-electron chi connectivity index (χ2n) is 6.88. The molecule has 148 valence electrons. The fraction of sp³-hybridized carbons (Fsp3) is 0.182. The molecule has 0 atom stereocenters. The molecule has 0 radical (unpaired) electrons. The largest absolute Gasteiger partial charge is 0.378 e. The van der Waals surface area contributed by atoms with E-state index in [1.54, 1.807) is 42.5 Å². The predicted octanol–water partition coefficient (Wildman–Crippen LogP) is 3.10. The summed E-state index contributed by atoms with van der Waals surface area (Å²) in [7, 11) is 7.55. The molecule has 1 aromatic heterocycles. The quantitative estimate of drug-likeness (QED) is 0.625. The Morgan fingerprint density at radius 1 is 0.690 bits per heavy atom. The molecule has 3 aromatic rings. The fourth-order valence-electron chi connectivity index (χ4n) is 2.77. The molecule has 2 amide bonds. The Morgan fingerprint density at radius 2 is 1.14 bits per heavy atom. The second-order valence-corrected chi connectivity index (χ2v) is 6.88. The van der Waals surface area contributed by atoms with E-state index in [2.05, 4.69) is 9.97 Å². The summed E-state index contributed by atoms with van der Waals surface area (Å²) in [5.41, 5.74) is 2.46. The smallest absolute Gasteiger partial charge is 0.267 e. The van der Waals surface area contributed by atoms with Gasteiger partial charge in [-0.15, -0.1) is 0 Å². The normalized spacial score (nSPS) is 10.3. The van der Waals surface area contributed by atoms with Crippen LogP contribution in [0.25, 0.3) is 0 Å². The van der Waals surface area contributed by atoms with Crippen LogP contribution in [0.3, 0.4) is 0 Å². The van der Waals surface area contributed by atoms with Gasteiger partial charge in [0.05, 0.1) is 0 Å². The zero-order valence-corrected chi connectivity index (χ0v) is 16.9. The standard InChI is InChI=1S/C22H23N5O2/c1-25(2)18-10-5-8-16(14-18)20(28)27(22-23-12-7-13-24-22)21(29)17-9-6-11-19(15-17)26(3)4/h5-15H,1-4H3. The summed E-state index contributed by atoms with van der Waals surface area (Å²) in [6, 6.07) is 15.8. The van der Waals surface area contributed by atoms with Crippen LogP contribution < -0.4 is 14.7 Å². The Hall–Kier alpha value is -3.74. The van der Waals surface area contributed by atoms with Crippen molar-refractivity contribution in [1.29, 1.82) is 0 Å². The Labute approximate surface area is 170 Å². The first-order valence-electron chi connectivity index (χ1n) is 9.09. The van der Waals surface area contributed by atoms with Crippen molar-refractivity contribution in [1.82, 2.24) is 9.97 Å². The van der Waals surface area contributed by atoms with Gasteiger partial charge in [0.1, 0.15) is 0 Å². The van der Waals surface area contributed by atoms with Crippen molar-refractivity contribution in [3.8, 4) is 0 Å². The minimum absolute atomic E-state index is 0.0352. The summed E-state index contributed by atoms with van der Waals surface area (Å²) < 4.78 is 0. The van der Waals surface area contributed by atoms with Crippen LogP contribution in [0.5, 0.6) is 0 Å². The zero-order valence-electron chi connectivity index (χ0n) is 16.9. The highest BCUT2D eigenvalue weighted by Gasteiger charge is 2.28. The lowest BCUT2D eigenvalue weighted by atomic mass is 10.1. The van der Waals surface area contributed by atoms with E-state index in [1.807, 2.05) is 50.1 Å². The maximum absolute atomic E-state index is 13.3. The number of anilines is 3. The van der Waals surface area contributed by atoms with Gasteiger partial charge in [-0.3, -0.25) is 9.59 Å². The minimum atomic E-state index is -0.486. The van der Waals surface area contributed by atoms with Gasteiger partial charge in [-0.05, 0) is 42.5 Å². The molecule has 0 aliphatic rings. The molecule has 0 saturated heterocycles. The number of benzene rings is 2. The predicted molar refractivity (Wildman–Crippen MR) is 115 cm³/mol. The van der Waals surface area contributed by atoms with E-state index in [9.17, 15) is 9.59 Å². The van der Waals surface area contributed by atoms with Gasteiger partial charge in [-0.1, -0.05) is 12.1 Å². The SMILES string of the molecule is CN(C)c1cccc(C(=O)N(C(=O)c2cccc(N(C)C)c2)c2ncccn2)c1. The van der Waals surface area contributed by atoms with Gasteiger partial charge >= 0.3 is 0 Å². The van der Waals surface area contributed by atoms with Crippen molar-refractivity contribution in [2.75, 3.05) is 42.9 Å². The highest BCUT2D eigenvalue weighted by Crippen LogP contribution is 2.21. The topological polar surface area (TPSA) is 69.6 Å². The van der Waals surface area contributed by atoms with Crippen molar-refractivity contribution < 1.29 is 9.59 Å². The lowest BCUT2D eigenvalue weighted by molar-refractivity contribution is 0.0895. The highest BCUT2D eigenvalue weighted by molar-refractivity contribution is 6.25. The molecular weight excluding hydrogens is 366 g/mol. The van der Waals surface area contributed by atoms with E-state index in [4.69, 9.17) is 0 Å². The number of carbonyl (C=O) groups excluding carboxylic acids is 2. The van der Waals surface area contributed by atoms with E-state index in [1.165, 1.54) is 12.4 Å². The van der Waals surface area contributed by atoms with Gasteiger partial charge in [-0.25, -0.2) is 14.9 Å². The van der Waals surface area contributed by atoms with Crippen molar-refractivity contribution in [2.24, 2.45) is 0 Å². The first kappa shape index (κ1) is 20.0. The van der Waals surface area contributed by atoms with Gasteiger partial charge in [0.2, 0.25) is 5.95 Å². The minimum Gasteiger partial charge on any atom is -0.378 e. The summed E-state index contributed by atoms with van der Waals surface area (Å²) >= 11 is 0. The second kappa shape index (κ2) is 8.52. The van der Waals surface area contributed by atoms with Crippen LogP contribution in [0.4, 0.5) is 17.3 Å². The molecular formula is C22H23N5O2.